The first-order valence-corrected chi connectivity index (χ1v) is 15.4. The first-order valence-electron chi connectivity index (χ1n) is 13.1. The zero-order valence-electron chi connectivity index (χ0n) is 22.3. The normalized spacial score (nSPS) is 23.8. The minimum Gasteiger partial charge on any atom is -0.459 e. The third-order valence-electron chi connectivity index (χ3n) is 8.16. The van der Waals surface area contributed by atoms with Crippen molar-refractivity contribution >= 4 is 38.5 Å². The zero-order valence-corrected chi connectivity index (χ0v) is 23.9. The first kappa shape index (κ1) is 27.4. The van der Waals surface area contributed by atoms with Gasteiger partial charge < -0.3 is 14.4 Å². The highest BCUT2D eigenvalue weighted by molar-refractivity contribution is 7.89. The van der Waals surface area contributed by atoms with Crippen LogP contribution in [0.4, 0.5) is 14.5 Å². The molecule has 2 aliphatic heterocycles. The second kappa shape index (κ2) is 9.67. The van der Waals surface area contributed by atoms with E-state index in [4.69, 9.17) is 9.47 Å². The van der Waals surface area contributed by atoms with Crippen molar-refractivity contribution in [2.45, 2.75) is 75.5 Å². The SMILES string of the molecule is CC(=O)OC1[C@H](C)OCC12CCN(c1cc(S(=O)(=O)NC3(C)CC3)cn3c(-c4nnc(C(F)F)s4)ncc13)CC2. The lowest BCUT2D eigenvalue weighted by molar-refractivity contribution is -0.154. The number of sulfonamides is 1. The Balaban J connectivity index is 1.39. The fraction of sp³-hybridized carbons (Fsp3) is 0.600. The molecular formula is C25H30F2N6O5S2. The number of fused-ring (bicyclic) bond motifs is 1. The van der Waals surface area contributed by atoms with E-state index in [9.17, 15) is 22.0 Å². The van der Waals surface area contributed by atoms with E-state index in [0.29, 0.717) is 55.1 Å². The van der Waals surface area contributed by atoms with Gasteiger partial charge in [-0.2, -0.15) is 0 Å². The number of nitrogens with one attached hydrogen (secondary N) is 1. The fourth-order valence-electron chi connectivity index (χ4n) is 5.68. The number of halogens is 2. The first-order chi connectivity index (χ1) is 18.9. The van der Waals surface area contributed by atoms with Crippen molar-refractivity contribution in [2.24, 2.45) is 5.41 Å². The van der Waals surface area contributed by atoms with Gasteiger partial charge >= 0.3 is 5.97 Å². The van der Waals surface area contributed by atoms with Crippen molar-refractivity contribution < 1.29 is 31.5 Å². The predicted molar refractivity (Wildman–Crippen MR) is 142 cm³/mol. The topological polar surface area (TPSA) is 128 Å². The van der Waals surface area contributed by atoms with Crippen LogP contribution in [0.1, 0.15) is 57.9 Å². The van der Waals surface area contributed by atoms with Crippen LogP contribution in [-0.4, -0.2) is 71.4 Å². The zero-order chi connectivity index (χ0) is 28.4. The lowest BCUT2D eigenvalue weighted by Crippen LogP contribution is -2.48. The molecule has 1 N–H and O–H groups in total. The number of ether oxygens (including phenoxy) is 2. The van der Waals surface area contributed by atoms with Gasteiger partial charge in [0.15, 0.2) is 15.8 Å². The molecule has 1 aliphatic carbocycles. The van der Waals surface area contributed by atoms with Crippen molar-refractivity contribution in [2.75, 3.05) is 24.6 Å². The van der Waals surface area contributed by atoms with Gasteiger partial charge in [-0.25, -0.2) is 26.9 Å². The average molecular weight is 597 g/mol. The number of nitrogens with zero attached hydrogens (tertiary/aromatic N) is 5. The molecule has 0 aromatic carbocycles. The molecule has 3 fully saturated rings. The summed E-state index contributed by atoms with van der Waals surface area (Å²) in [5, 5.41) is 7.19. The Morgan fingerprint density at radius 3 is 2.60 bits per heavy atom. The molecule has 2 saturated heterocycles. The second-order valence-corrected chi connectivity index (χ2v) is 13.9. The Kier molecular flexibility index (Phi) is 6.63. The molecule has 0 amide bonds. The molecule has 3 aromatic heterocycles. The summed E-state index contributed by atoms with van der Waals surface area (Å²) in [6.07, 6.45) is 2.53. The Morgan fingerprint density at radius 1 is 1.25 bits per heavy atom. The average Bonchev–Trinajstić information content (AvgIpc) is 3.25. The minimum atomic E-state index is -3.90. The van der Waals surface area contributed by atoms with E-state index in [1.807, 2.05) is 13.8 Å². The quantitative estimate of drug-likeness (QED) is 0.407. The summed E-state index contributed by atoms with van der Waals surface area (Å²) in [5.74, 6) is -0.115. The highest BCUT2D eigenvalue weighted by Gasteiger charge is 2.51. The third kappa shape index (κ3) is 4.86. The minimum absolute atomic E-state index is 0.0388. The lowest BCUT2D eigenvalue weighted by atomic mass is 9.74. The number of hydrogen-bond donors (Lipinski definition) is 1. The van der Waals surface area contributed by atoms with Gasteiger partial charge in [-0.3, -0.25) is 9.20 Å². The number of carbonyl (C=O) groups excluding carboxylic acids is 1. The Labute approximate surface area is 233 Å². The summed E-state index contributed by atoms with van der Waals surface area (Å²) in [6, 6.07) is 1.63. The van der Waals surface area contributed by atoms with Gasteiger partial charge in [0.25, 0.3) is 6.43 Å². The van der Waals surface area contributed by atoms with E-state index < -0.39 is 27.0 Å². The summed E-state index contributed by atoms with van der Waals surface area (Å²) in [7, 11) is -3.90. The predicted octanol–water partition coefficient (Wildman–Crippen LogP) is 3.56. The number of pyridine rings is 1. The van der Waals surface area contributed by atoms with Crippen molar-refractivity contribution in [3.8, 4) is 10.8 Å². The van der Waals surface area contributed by atoms with Gasteiger partial charge in [-0.05, 0) is 45.6 Å². The molecule has 40 heavy (non-hydrogen) atoms. The third-order valence-corrected chi connectivity index (χ3v) is 10.7. The van der Waals surface area contributed by atoms with Crippen molar-refractivity contribution in [3.63, 3.8) is 0 Å². The molecule has 3 aromatic rings. The molecule has 1 unspecified atom stereocenters. The summed E-state index contributed by atoms with van der Waals surface area (Å²) in [4.78, 5) is 18.3. The van der Waals surface area contributed by atoms with Gasteiger partial charge in [0.1, 0.15) is 11.0 Å². The van der Waals surface area contributed by atoms with Crippen LogP contribution in [0.25, 0.3) is 16.3 Å². The number of piperidine rings is 1. The van der Waals surface area contributed by atoms with E-state index in [-0.39, 0.29) is 39.3 Å². The lowest BCUT2D eigenvalue weighted by Gasteiger charge is -2.42. The second-order valence-electron chi connectivity index (χ2n) is 11.2. The number of hydrogen-bond acceptors (Lipinski definition) is 10. The Hall–Kier alpha value is -2.75. The van der Waals surface area contributed by atoms with E-state index >= 15 is 0 Å². The van der Waals surface area contributed by atoms with E-state index in [2.05, 4.69) is 24.8 Å². The Morgan fingerprint density at radius 2 is 1.98 bits per heavy atom. The monoisotopic (exact) mass is 596 g/mol. The number of rotatable bonds is 7. The van der Waals surface area contributed by atoms with Gasteiger partial charge in [0.05, 0.1) is 30.1 Å². The molecule has 0 bridgehead atoms. The van der Waals surface area contributed by atoms with Crippen molar-refractivity contribution in [1.82, 2.24) is 24.3 Å². The van der Waals surface area contributed by atoms with Crippen LogP contribution in [0.2, 0.25) is 0 Å². The molecular weight excluding hydrogens is 566 g/mol. The number of aromatic nitrogens is 4. The van der Waals surface area contributed by atoms with Crippen LogP contribution in [0.15, 0.2) is 23.4 Å². The van der Waals surface area contributed by atoms with Crippen molar-refractivity contribution in [3.05, 3.63) is 23.5 Å². The van der Waals surface area contributed by atoms with Gasteiger partial charge in [-0.15, -0.1) is 10.2 Å². The maximum absolute atomic E-state index is 13.5. The maximum Gasteiger partial charge on any atom is 0.303 e. The van der Waals surface area contributed by atoms with Crippen LogP contribution in [0.5, 0.6) is 0 Å². The molecule has 5 heterocycles. The number of anilines is 1. The molecule has 1 spiro atoms. The van der Waals surface area contributed by atoms with Gasteiger partial charge in [-0.1, -0.05) is 11.3 Å². The molecule has 1 saturated carbocycles. The maximum atomic E-state index is 13.5. The molecule has 2 atom stereocenters. The van der Waals surface area contributed by atoms with Crippen LogP contribution in [0.3, 0.4) is 0 Å². The smallest absolute Gasteiger partial charge is 0.303 e. The number of carbonyl (C=O) groups is 1. The highest BCUT2D eigenvalue weighted by Crippen LogP contribution is 2.45. The van der Waals surface area contributed by atoms with E-state index in [1.54, 1.807) is 16.7 Å². The highest BCUT2D eigenvalue weighted by atomic mass is 32.2. The molecule has 15 heteroatoms. The number of esters is 1. The van der Waals surface area contributed by atoms with Gasteiger partial charge in [0, 0.05) is 37.2 Å². The molecule has 11 nitrogen and oxygen atoms in total. The summed E-state index contributed by atoms with van der Waals surface area (Å²) in [6.45, 7) is 6.76. The molecule has 216 valence electrons. The number of imidazole rings is 1. The molecule has 3 aliphatic rings. The van der Waals surface area contributed by atoms with E-state index in [1.165, 1.54) is 13.1 Å². The largest absolute Gasteiger partial charge is 0.459 e. The van der Waals surface area contributed by atoms with Crippen LogP contribution in [0, 0.1) is 5.41 Å². The standard InChI is InChI=1S/C25H30F2N6O5S2/c1-14-19(38-15(2)34)25(13-37-14)6-8-32(9-7-25)17-10-16(40(35,36)31-24(3)4-5-24)12-33-18(17)11-28-21(33)23-30-29-22(39-23)20(26)27/h10-12,14,19-20,31H,4-9,13H2,1-3H3/t14-,19?/m0/s1. The number of alkyl halides is 2. The Bertz CT molecular complexity index is 1560. The van der Waals surface area contributed by atoms with Crippen LogP contribution >= 0.6 is 11.3 Å². The molecule has 0 radical (unpaired) electrons. The summed E-state index contributed by atoms with van der Waals surface area (Å²) < 4.78 is 69.3. The van der Waals surface area contributed by atoms with E-state index in [0.717, 1.165) is 12.8 Å². The van der Waals surface area contributed by atoms with Crippen LogP contribution in [-0.2, 0) is 24.3 Å². The molecule has 6 rings (SSSR count). The van der Waals surface area contributed by atoms with Gasteiger partial charge in [0.2, 0.25) is 10.0 Å². The summed E-state index contributed by atoms with van der Waals surface area (Å²) in [5.41, 5.74) is 0.447. The van der Waals surface area contributed by atoms with Crippen molar-refractivity contribution in [1.29, 1.82) is 0 Å². The summed E-state index contributed by atoms with van der Waals surface area (Å²) >= 11 is 0.717. The fourth-order valence-corrected chi connectivity index (χ4v) is 7.86. The van der Waals surface area contributed by atoms with Crippen LogP contribution < -0.4 is 9.62 Å².